The van der Waals surface area contributed by atoms with Crippen molar-refractivity contribution in [3.05, 3.63) is 192 Å². The monoisotopic (exact) mass is 898 g/mol. The Morgan fingerprint density at radius 2 is 0.797 bits per heavy atom. The number of carbonyl (C=O) groups excluding carboxylic acids is 1. The molecule has 0 heterocycles. The van der Waals surface area contributed by atoms with Crippen LogP contribution in [-0.2, 0) is 13.6 Å². The van der Waals surface area contributed by atoms with Crippen molar-refractivity contribution in [1.82, 2.24) is 5.32 Å². The second kappa shape index (κ2) is 19.2. The van der Waals surface area contributed by atoms with Crippen LogP contribution in [0.4, 0.5) is 13.2 Å². The minimum atomic E-state index is -4.92. The summed E-state index contributed by atoms with van der Waals surface area (Å²) in [6.45, 7) is 13.6. The Morgan fingerprint density at radius 1 is 0.484 bits per heavy atom. The van der Waals surface area contributed by atoms with E-state index in [9.17, 15) is 18.0 Å². The summed E-state index contributed by atoms with van der Waals surface area (Å²) in [6, 6.07) is 57.6. The first-order valence-corrected chi connectivity index (χ1v) is 26.2. The molecule has 0 fully saturated rings. The fraction of sp³-hybridized carbons (Fsp3) is 0.315. The maximum absolute atomic E-state index is 13.0. The van der Waals surface area contributed by atoms with Gasteiger partial charge >= 0.3 is 12.1 Å². The molecule has 5 nitrogen and oxygen atoms in total. The lowest BCUT2D eigenvalue weighted by Gasteiger charge is -2.46. The molecule has 1 amide bonds. The van der Waals surface area contributed by atoms with Crippen LogP contribution in [-0.4, -0.2) is 28.7 Å². The molecule has 0 saturated carbocycles. The molecular weight excluding hydrogens is 838 g/mol. The van der Waals surface area contributed by atoms with Gasteiger partial charge in [-0.3, -0.25) is 4.79 Å². The van der Waals surface area contributed by atoms with Crippen LogP contribution in [0.15, 0.2) is 170 Å². The Bertz CT molecular complexity index is 2380. The molecule has 4 atom stereocenters. The molecule has 6 aromatic rings. The Labute approximate surface area is 379 Å². The normalized spacial score (nSPS) is 19.0. The predicted molar refractivity (Wildman–Crippen MR) is 258 cm³/mol. The van der Waals surface area contributed by atoms with Crippen molar-refractivity contribution in [2.45, 2.75) is 108 Å². The van der Waals surface area contributed by atoms with Crippen molar-refractivity contribution in [3.63, 3.8) is 0 Å². The van der Waals surface area contributed by atoms with Gasteiger partial charge in [0.25, 0.3) is 16.6 Å². The van der Waals surface area contributed by atoms with E-state index in [0.29, 0.717) is 18.4 Å². The van der Waals surface area contributed by atoms with Gasteiger partial charge in [0, 0.05) is 6.04 Å². The van der Waals surface area contributed by atoms with Crippen LogP contribution in [0.2, 0.25) is 10.1 Å². The van der Waals surface area contributed by atoms with Crippen molar-refractivity contribution in [2.75, 3.05) is 0 Å². The molecule has 0 radical (unpaired) electrons. The number of nitrogens with one attached hydrogen (secondary N) is 1. The summed E-state index contributed by atoms with van der Waals surface area (Å²) in [4.78, 5) is 11.7. The predicted octanol–water partition coefficient (Wildman–Crippen LogP) is 10.9. The third kappa shape index (κ3) is 9.48. The van der Waals surface area contributed by atoms with Crippen molar-refractivity contribution in [3.8, 4) is 0 Å². The number of hydrogen-bond acceptors (Lipinski definition) is 4. The third-order valence-electron chi connectivity index (χ3n) is 13.0. The van der Waals surface area contributed by atoms with Crippen LogP contribution in [0, 0.1) is 0 Å². The second-order valence-electron chi connectivity index (χ2n) is 19.1. The summed E-state index contributed by atoms with van der Waals surface area (Å²) in [5, 5.41) is 6.86. The van der Waals surface area contributed by atoms with Gasteiger partial charge in [-0.2, -0.15) is 13.2 Å². The highest BCUT2D eigenvalue weighted by atomic mass is 28.4. The summed E-state index contributed by atoms with van der Waals surface area (Å²) < 4.78 is 53.5. The third-order valence-corrected chi connectivity index (χ3v) is 23.0. The first-order chi connectivity index (χ1) is 30.5. The smallest absolute Gasteiger partial charge is 0.400 e. The molecule has 0 unspecified atom stereocenters. The number of rotatable bonds is 9. The lowest BCUT2D eigenvalue weighted by molar-refractivity contribution is -0.174. The Morgan fingerprint density at radius 3 is 1.16 bits per heavy atom. The molecule has 334 valence electrons. The number of benzene rings is 6. The molecule has 10 heteroatoms. The molecule has 0 spiro atoms. The average molecular weight is 899 g/mol. The molecular formula is C54H61F3N2O3Si2. The zero-order valence-corrected chi connectivity index (χ0v) is 39.7. The number of fused-ring (bicyclic) bond motifs is 2. The molecule has 0 bridgehead atoms. The minimum Gasteiger partial charge on any atom is -0.400 e. The second-order valence-corrected chi connectivity index (χ2v) is 27.6. The quantitative estimate of drug-likeness (QED) is 0.142. The summed E-state index contributed by atoms with van der Waals surface area (Å²) in [5.74, 6) is -1.91. The van der Waals surface area contributed by atoms with E-state index < -0.39 is 34.8 Å². The van der Waals surface area contributed by atoms with E-state index in [2.05, 4.69) is 156 Å². The fourth-order valence-corrected chi connectivity index (χ4v) is 19.4. The first kappa shape index (κ1) is 46.9. The van der Waals surface area contributed by atoms with E-state index in [-0.39, 0.29) is 28.3 Å². The molecule has 0 aromatic heterocycles. The Hall–Kier alpha value is -5.11. The van der Waals surface area contributed by atoms with Gasteiger partial charge in [0.1, 0.15) is 0 Å². The molecule has 8 rings (SSSR count). The zero-order valence-electron chi connectivity index (χ0n) is 37.7. The molecule has 2 aliphatic carbocycles. The van der Waals surface area contributed by atoms with Crippen LogP contribution in [0.1, 0.15) is 114 Å². The highest BCUT2D eigenvalue weighted by Gasteiger charge is 2.54. The topological polar surface area (TPSA) is 73.6 Å². The van der Waals surface area contributed by atoms with Gasteiger partial charge in [-0.1, -0.05) is 211 Å². The van der Waals surface area contributed by atoms with Crippen LogP contribution in [0.25, 0.3) is 0 Å². The molecule has 0 aliphatic heterocycles. The zero-order chi connectivity index (χ0) is 45.8. The van der Waals surface area contributed by atoms with Crippen LogP contribution >= 0.6 is 0 Å². The maximum atomic E-state index is 13.0. The summed E-state index contributed by atoms with van der Waals surface area (Å²) in [6.07, 6.45) is -2.37. The van der Waals surface area contributed by atoms with E-state index >= 15 is 0 Å². The lowest BCUT2D eigenvalue weighted by Crippen LogP contribution is -2.67. The van der Waals surface area contributed by atoms with Crippen molar-refractivity contribution in [1.29, 1.82) is 0 Å². The van der Waals surface area contributed by atoms with Gasteiger partial charge in [-0.15, -0.1) is 0 Å². The van der Waals surface area contributed by atoms with Crippen LogP contribution in [0.3, 0.4) is 0 Å². The van der Waals surface area contributed by atoms with Crippen molar-refractivity contribution in [2.24, 2.45) is 5.73 Å². The van der Waals surface area contributed by atoms with Crippen molar-refractivity contribution >= 4 is 43.3 Å². The average Bonchev–Trinajstić information content (AvgIpc) is 3.29. The molecule has 3 N–H and O–H groups in total. The Kier molecular flexibility index (Phi) is 14.0. The highest BCUT2D eigenvalue weighted by Crippen LogP contribution is 2.46. The largest absolute Gasteiger partial charge is 0.471 e. The van der Waals surface area contributed by atoms with E-state index in [1.807, 2.05) is 48.5 Å². The number of nitrogens with two attached hydrogens (primary N) is 1. The van der Waals surface area contributed by atoms with E-state index in [4.69, 9.17) is 14.6 Å². The van der Waals surface area contributed by atoms with Gasteiger partial charge in [0.2, 0.25) is 0 Å². The van der Waals surface area contributed by atoms with Gasteiger partial charge in [-0.05, 0) is 78.8 Å². The first-order valence-electron chi connectivity index (χ1n) is 22.4. The minimum absolute atomic E-state index is 0.0236. The SMILES string of the molecule is CC(C)(C)[Si](O[C@@H]1CC[C@@H](N)c2ccccc21)(c1ccccc1)c1ccccc1.CC(C)(C)[Si](O[C@@H]1CC[C@@H](NC(=O)C(F)(F)F)c2ccccc21)(c1ccccc1)c1ccccc1. The van der Waals surface area contributed by atoms with E-state index in [0.717, 1.165) is 28.8 Å². The molecule has 0 saturated heterocycles. The number of amides is 1. The van der Waals surface area contributed by atoms with Gasteiger partial charge in [0.05, 0.1) is 18.2 Å². The van der Waals surface area contributed by atoms with Gasteiger partial charge < -0.3 is 19.9 Å². The summed E-state index contributed by atoms with van der Waals surface area (Å²) in [5.41, 5.74) is 10.4. The number of alkyl halides is 3. The van der Waals surface area contributed by atoms with Gasteiger partial charge in [-0.25, -0.2) is 0 Å². The maximum Gasteiger partial charge on any atom is 0.471 e. The molecule has 64 heavy (non-hydrogen) atoms. The molecule has 6 aromatic carbocycles. The van der Waals surface area contributed by atoms with Crippen LogP contribution in [0.5, 0.6) is 0 Å². The van der Waals surface area contributed by atoms with E-state index in [1.165, 1.54) is 21.5 Å². The Balaban J connectivity index is 0.000000195. The summed E-state index contributed by atoms with van der Waals surface area (Å²) in [7, 11) is -5.42. The summed E-state index contributed by atoms with van der Waals surface area (Å²) >= 11 is 0. The standard InChI is InChI=1S/C28H30F3NO2Si.C26H31NOSi/c1-27(2,3)35(20-12-6-4-7-13-20,21-14-8-5-9-15-21)34-25-19-18-24(32-26(33)28(29,30)31)22-16-10-11-17-23(22)25;1-26(2,3)29(20-12-6-4-7-13-20,21-14-8-5-9-15-21)28-25-19-18-24(27)22-16-10-11-17-23(22)25/h4-17,24-25H,18-19H2,1-3H3,(H,32,33);4-17,24-25H,18-19,27H2,1-3H3/t2*24-,25-/m11/s1. The lowest BCUT2D eigenvalue weighted by atomic mass is 9.86. The number of hydrogen-bond donors (Lipinski definition) is 2. The fourth-order valence-electron chi connectivity index (χ4n) is 9.98. The van der Waals surface area contributed by atoms with Crippen molar-refractivity contribution < 1.29 is 26.8 Å². The highest BCUT2D eigenvalue weighted by molar-refractivity contribution is 7.00. The number of halogens is 3. The molecule has 2 aliphatic rings. The van der Waals surface area contributed by atoms with E-state index in [1.54, 1.807) is 12.1 Å². The van der Waals surface area contributed by atoms with Crippen LogP contribution < -0.4 is 31.8 Å². The number of carbonyl (C=O) groups is 1. The van der Waals surface area contributed by atoms with Gasteiger partial charge in [0.15, 0.2) is 0 Å².